The Morgan fingerprint density at radius 3 is 2.64 bits per heavy atom. The molecule has 0 aromatic carbocycles. The molecule has 1 saturated heterocycles. The van der Waals surface area contributed by atoms with E-state index in [0.717, 1.165) is 5.92 Å². The summed E-state index contributed by atoms with van der Waals surface area (Å²) in [5.41, 5.74) is 7.13. The lowest BCUT2D eigenvalue weighted by atomic mass is 9.93. The second kappa shape index (κ2) is 1.50. The first-order valence-corrected chi connectivity index (χ1v) is 4.64. The number of rotatable bonds is 1. The van der Waals surface area contributed by atoms with Crippen LogP contribution in [0.15, 0.2) is 0 Å². The van der Waals surface area contributed by atoms with Crippen LogP contribution in [0.4, 0.5) is 0 Å². The van der Waals surface area contributed by atoms with Gasteiger partial charge in [-0.05, 0) is 32.2 Å². The Balaban J connectivity index is 1.88. The average molecular weight is 152 g/mol. The highest BCUT2D eigenvalue weighted by molar-refractivity contribution is 5.26. The van der Waals surface area contributed by atoms with Crippen LogP contribution in [0.25, 0.3) is 0 Å². The van der Waals surface area contributed by atoms with Gasteiger partial charge in [0.05, 0.1) is 0 Å². The molecule has 2 aliphatic carbocycles. The predicted molar refractivity (Wildman–Crippen MR) is 44.2 cm³/mol. The maximum atomic E-state index is 6.26. The van der Waals surface area contributed by atoms with Crippen molar-refractivity contribution in [1.82, 2.24) is 4.90 Å². The maximum Gasteiger partial charge on any atom is 0.0228 e. The van der Waals surface area contributed by atoms with Crippen LogP contribution in [-0.2, 0) is 0 Å². The van der Waals surface area contributed by atoms with Gasteiger partial charge in [0.1, 0.15) is 0 Å². The molecule has 0 radical (unpaired) electrons. The highest BCUT2D eigenvalue weighted by Gasteiger charge is 2.71. The van der Waals surface area contributed by atoms with Gasteiger partial charge in [-0.15, -0.1) is 0 Å². The molecule has 2 unspecified atom stereocenters. The molecule has 2 saturated carbocycles. The predicted octanol–water partition coefficient (Wildman–Crippen LogP) is 0.429. The Hall–Kier alpha value is -0.0800. The van der Waals surface area contributed by atoms with E-state index in [-0.39, 0.29) is 5.54 Å². The van der Waals surface area contributed by atoms with Gasteiger partial charge in [0.15, 0.2) is 0 Å². The van der Waals surface area contributed by atoms with Gasteiger partial charge in [-0.2, -0.15) is 0 Å². The summed E-state index contributed by atoms with van der Waals surface area (Å²) in [5.74, 6) is 0.958. The molecule has 62 valence electrons. The smallest absolute Gasteiger partial charge is 0.0228 e. The topological polar surface area (TPSA) is 29.3 Å². The van der Waals surface area contributed by atoms with E-state index in [9.17, 15) is 0 Å². The maximum absolute atomic E-state index is 6.26. The van der Waals surface area contributed by atoms with Crippen molar-refractivity contribution in [3.63, 3.8) is 0 Å². The number of hydrogen-bond donors (Lipinski definition) is 1. The zero-order chi connectivity index (χ0) is 7.69. The molecule has 2 N–H and O–H groups in total. The summed E-state index contributed by atoms with van der Waals surface area (Å²) in [5, 5.41) is 0. The van der Waals surface area contributed by atoms with Gasteiger partial charge in [-0.25, -0.2) is 0 Å². The van der Waals surface area contributed by atoms with Crippen molar-refractivity contribution in [2.75, 3.05) is 20.1 Å². The monoisotopic (exact) mass is 152 g/mol. The van der Waals surface area contributed by atoms with Crippen LogP contribution in [0, 0.1) is 11.3 Å². The summed E-state index contributed by atoms with van der Waals surface area (Å²) in [6, 6.07) is 0. The molecule has 0 spiro atoms. The lowest BCUT2D eigenvalue weighted by molar-refractivity contribution is 0.296. The third-order valence-corrected chi connectivity index (χ3v) is 4.10. The van der Waals surface area contributed by atoms with Gasteiger partial charge in [0.2, 0.25) is 0 Å². The summed E-state index contributed by atoms with van der Waals surface area (Å²) in [6.07, 6.45) is 4.00. The first-order chi connectivity index (χ1) is 5.16. The average Bonchev–Trinajstić information content (AvgIpc) is 2.77. The summed E-state index contributed by atoms with van der Waals surface area (Å²) >= 11 is 0. The van der Waals surface area contributed by atoms with Crippen LogP contribution in [-0.4, -0.2) is 30.6 Å². The number of nitrogens with zero attached hydrogens (tertiary/aromatic N) is 1. The number of likely N-dealkylation sites (tertiary alicyclic amines) is 1. The zero-order valence-corrected chi connectivity index (χ0v) is 7.14. The van der Waals surface area contributed by atoms with Crippen molar-refractivity contribution in [1.29, 1.82) is 0 Å². The molecule has 0 bridgehead atoms. The van der Waals surface area contributed by atoms with E-state index in [2.05, 4.69) is 11.9 Å². The van der Waals surface area contributed by atoms with E-state index in [1.165, 1.54) is 32.4 Å². The van der Waals surface area contributed by atoms with Crippen molar-refractivity contribution in [2.24, 2.45) is 17.1 Å². The fourth-order valence-corrected chi connectivity index (χ4v) is 3.14. The molecule has 2 atom stereocenters. The minimum atomic E-state index is 0.280. The molecule has 3 rings (SSSR count). The molecule has 1 heterocycles. The largest absolute Gasteiger partial charge is 0.325 e. The molecule has 2 heteroatoms. The highest BCUT2D eigenvalue weighted by atomic mass is 15.2. The number of fused-ring (bicyclic) bond motifs is 1. The molecule has 11 heavy (non-hydrogen) atoms. The van der Waals surface area contributed by atoms with E-state index >= 15 is 0 Å². The summed E-state index contributed by atoms with van der Waals surface area (Å²) in [6.45, 7) is 2.58. The normalized spacial score (nSPS) is 52.4. The van der Waals surface area contributed by atoms with Gasteiger partial charge < -0.3 is 10.6 Å². The lowest BCUT2D eigenvalue weighted by Gasteiger charge is -2.22. The molecule has 3 fully saturated rings. The number of hydrogen-bond acceptors (Lipinski definition) is 2. The van der Waals surface area contributed by atoms with Crippen LogP contribution in [0.5, 0.6) is 0 Å². The molecule has 3 aliphatic rings. The van der Waals surface area contributed by atoms with Crippen LogP contribution < -0.4 is 5.73 Å². The first-order valence-electron chi connectivity index (χ1n) is 4.64. The van der Waals surface area contributed by atoms with Crippen LogP contribution in [0.2, 0.25) is 0 Å². The van der Waals surface area contributed by atoms with E-state index in [1.807, 2.05) is 0 Å². The van der Waals surface area contributed by atoms with Gasteiger partial charge in [-0.3, -0.25) is 0 Å². The van der Waals surface area contributed by atoms with Crippen LogP contribution in [0.3, 0.4) is 0 Å². The van der Waals surface area contributed by atoms with Gasteiger partial charge in [0, 0.05) is 24.0 Å². The fraction of sp³-hybridized carbons (Fsp3) is 1.00. The summed E-state index contributed by atoms with van der Waals surface area (Å²) in [7, 11) is 2.22. The molecule has 0 aromatic heterocycles. The third-order valence-electron chi connectivity index (χ3n) is 4.10. The summed E-state index contributed by atoms with van der Waals surface area (Å²) in [4.78, 5) is 2.45. The van der Waals surface area contributed by atoms with Crippen molar-refractivity contribution >= 4 is 0 Å². The Bertz CT molecular complexity index is 210. The van der Waals surface area contributed by atoms with Crippen molar-refractivity contribution in [3.05, 3.63) is 0 Å². The number of piperidine rings is 1. The van der Waals surface area contributed by atoms with Crippen LogP contribution >= 0.6 is 0 Å². The van der Waals surface area contributed by atoms with Crippen LogP contribution in [0.1, 0.15) is 19.3 Å². The highest BCUT2D eigenvalue weighted by Crippen LogP contribution is 2.69. The quantitative estimate of drug-likeness (QED) is 0.590. The van der Waals surface area contributed by atoms with E-state index in [0.29, 0.717) is 5.41 Å². The van der Waals surface area contributed by atoms with Crippen molar-refractivity contribution < 1.29 is 0 Å². The van der Waals surface area contributed by atoms with Gasteiger partial charge in [0.25, 0.3) is 0 Å². The second-order valence-corrected chi connectivity index (χ2v) is 4.91. The van der Waals surface area contributed by atoms with E-state index < -0.39 is 0 Å². The Labute approximate surface area is 67.7 Å². The SMILES string of the molecule is CN1CC2CC2(C2(N)CC2)C1. The zero-order valence-electron chi connectivity index (χ0n) is 7.14. The minimum absolute atomic E-state index is 0.280. The first kappa shape index (κ1) is 6.44. The Morgan fingerprint density at radius 2 is 2.18 bits per heavy atom. The summed E-state index contributed by atoms with van der Waals surface area (Å²) < 4.78 is 0. The van der Waals surface area contributed by atoms with Crippen molar-refractivity contribution in [2.45, 2.75) is 24.8 Å². The standard InChI is InChI=1S/C9H16N2/c1-11-5-7-4-8(7,6-11)9(10)2-3-9/h7H,2-6,10H2,1H3. The minimum Gasteiger partial charge on any atom is -0.325 e. The van der Waals surface area contributed by atoms with E-state index in [4.69, 9.17) is 5.73 Å². The molecular weight excluding hydrogens is 136 g/mol. The van der Waals surface area contributed by atoms with E-state index in [1.54, 1.807) is 0 Å². The molecule has 2 nitrogen and oxygen atoms in total. The molecule has 1 aliphatic heterocycles. The third kappa shape index (κ3) is 0.611. The van der Waals surface area contributed by atoms with Crippen molar-refractivity contribution in [3.8, 4) is 0 Å². The molecular formula is C9H16N2. The second-order valence-electron chi connectivity index (χ2n) is 4.91. The van der Waals surface area contributed by atoms with Gasteiger partial charge >= 0.3 is 0 Å². The Kier molecular flexibility index (Phi) is 0.879. The molecule has 0 aromatic rings. The number of nitrogens with two attached hydrogens (primary N) is 1. The van der Waals surface area contributed by atoms with Gasteiger partial charge in [-0.1, -0.05) is 0 Å². The molecule has 0 amide bonds. The lowest BCUT2D eigenvalue weighted by Crippen LogP contribution is -2.38. The fourth-order valence-electron chi connectivity index (χ4n) is 3.14. The Morgan fingerprint density at radius 1 is 1.45 bits per heavy atom.